The highest BCUT2D eigenvalue weighted by molar-refractivity contribution is 5.95. The van der Waals surface area contributed by atoms with E-state index >= 15 is 0 Å². The average Bonchev–Trinajstić information content (AvgIpc) is 2.28. The number of carbonyl (C=O) groups excluding carboxylic acids is 1. The molecule has 2 rings (SSSR count). The summed E-state index contributed by atoms with van der Waals surface area (Å²) in [6, 6.07) is 4.30. The van der Waals surface area contributed by atoms with Crippen LogP contribution in [0.25, 0.3) is 0 Å². The molecule has 1 aliphatic rings. The number of halogens is 1. The fraction of sp³-hybridized carbons (Fsp3) is 0.429. The molecule has 0 aromatic heterocycles. The van der Waals surface area contributed by atoms with Crippen molar-refractivity contribution in [3.8, 4) is 0 Å². The van der Waals surface area contributed by atoms with Crippen molar-refractivity contribution < 1.29 is 19.1 Å². The largest absolute Gasteiger partial charge is 0.481 e. The van der Waals surface area contributed by atoms with E-state index < -0.39 is 23.2 Å². The number of benzene rings is 1. The van der Waals surface area contributed by atoms with Crippen molar-refractivity contribution in [1.82, 2.24) is 5.32 Å². The summed E-state index contributed by atoms with van der Waals surface area (Å²) in [7, 11) is 0. The second kappa shape index (κ2) is 4.99. The van der Waals surface area contributed by atoms with Gasteiger partial charge in [-0.15, -0.1) is 0 Å². The minimum atomic E-state index is -0.954. The predicted molar refractivity (Wildman–Crippen MR) is 67.4 cm³/mol. The highest BCUT2D eigenvalue weighted by atomic mass is 19.1. The quantitative estimate of drug-likeness (QED) is 0.877. The summed E-state index contributed by atoms with van der Waals surface area (Å²) in [6.07, 6.45) is 2.01. The van der Waals surface area contributed by atoms with Gasteiger partial charge in [-0.1, -0.05) is 11.6 Å². The first-order valence-electron chi connectivity index (χ1n) is 6.22. The van der Waals surface area contributed by atoms with Crippen molar-refractivity contribution in [2.24, 2.45) is 0 Å². The van der Waals surface area contributed by atoms with Gasteiger partial charge in [0.2, 0.25) is 0 Å². The van der Waals surface area contributed by atoms with E-state index in [1.807, 2.05) is 0 Å². The van der Waals surface area contributed by atoms with Crippen molar-refractivity contribution in [1.29, 1.82) is 0 Å². The summed E-state index contributed by atoms with van der Waals surface area (Å²) in [5.41, 5.74) is 0.0446. The third-order valence-corrected chi connectivity index (χ3v) is 3.55. The number of hydrogen-bond acceptors (Lipinski definition) is 2. The number of aryl methyl sites for hydroxylation is 1. The maximum Gasteiger partial charge on any atom is 0.305 e. The molecule has 0 spiro atoms. The molecule has 1 aromatic carbocycles. The average molecular weight is 265 g/mol. The van der Waals surface area contributed by atoms with E-state index in [9.17, 15) is 14.0 Å². The van der Waals surface area contributed by atoms with Crippen molar-refractivity contribution in [2.75, 3.05) is 0 Å². The van der Waals surface area contributed by atoms with Gasteiger partial charge in [0.05, 0.1) is 17.5 Å². The zero-order valence-corrected chi connectivity index (χ0v) is 10.7. The zero-order valence-electron chi connectivity index (χ0n) is 10.7. The van der Waals surface area contributed by atoms with Crippen LogP contribution in [-0.2, 0) is 4.79 Å². The van der Waals surface area contributed by atoms with Crippen LogP contribution in [0.4, 0.5) is 4.39 Å². The molecule has 2 N–H and O–H groups in total. The van der Waals surface area contributed by atoms with Crippen LogP contribution in [0, 0.1) is 12.7 Å². The van der Waals surface area contributed by atoms with E-state index in [1.54, 1.807) is 13.0 Å². The molecule has 4 nitrogen and oxygen atoms in total. The lowest BCUT2D eigenvalue weighted by molar-refractivity contribution is -0.139. The Hall–Kier alpha value is -1.91. The molecule has 1 aromatic rings. The number of carboxylic acid groups (broad SMARTS) is 1. The summed E-state index contributed by atoms with van der Waals surface area (Å²) in [5, 5.41) is 11.6. The molecule has 1 saturated carbocycles. The zero-order chi connectivity index (χ0) is 14.0. The summed E-state index contributed by atoms with van der Waals surface area (Å²) in [6.45, 7) is 1.77. The third kappa shape index (κ3) is 2.92. The predicted octanol–water partition coefficient (Wildman–Crippen LogP) is 2.26. The fourth-order valence-electron chi connectivity index (χ4n) is 2.36. The Morgan fingerprint density at radius 3 is 2.63 bits per heavy atom. The van der Waals surface area contributed by atoms with Gasteiger partial charge in [0.25, 0.3) is 5.91 Å². The molecule has 0 saturated heterocycles. The summed E-state index contributed by atoms with van der Waals surface area (Å²) >= 11 is 0. The smallest absolute Gasteiger partial charge is 0.305 e. The molecule has 1 aliphatic carbocycles. The number of nitrogens with one attached hydrogen (secondary N) is 1. The lowest BCUT2D eigenvalue weighted by Gasteiger charge is -2.41. The molecule has 102 valence electrons. The fourth-order valence-corrected chi connectivity index (χ4v) is 2.36. The molecule has 0 atom stereocenters. The number of hydrogen-bond donors (Lipinski definition) is 2. The Labute approximate surface area is 110 Å². The van der Waals surface area contributed by atoms with Crippen molar-refractivity contribution >= 4 is 11.9 Å². The van der Waals surface area contributed by atoms with E-state index in [4.69, 9.17) is 5.11 Å². The summed E-state index contributed by atoms with van der Waals surface area (Å²) < 4.78 is 13.6. The number of rotatable bonds is 4. The highest BCUT2D eigenvalue weighted by Gasteiger charge is 2.40. The van der Waals surface area contributed by atoms with Crippen molar-refractivity contribution in [3.63, 3.8) is 0 Å². The molecule has 1 fully saturated rings. The molecule has 1 amide bonds. The lowest BCUT2D eigenvalue weighted by Crippen LogP contribution is -2.54. The van der Waals surface area contributed by atoms with Gasteiger partial charge >= 0.3 is 5.97 Å². The van der Waals surface area contributed by atoms with E-state index in [-0.39, 0.29) is 12.0 Å². The Bertz CT molecular complexity index is 523. The highest BCUT2D eigenvalue weighted by Crippen LogP contribution is 2.35. The number of carbonyl (C=O) groups is 2. The monoisotopic (exact) mass is 265 g/mol. The molecule has 19 heavy (non-hydrogen) atoms. The van der Waals surface area contributed by atoms with Gasteiger partial charge in [-0.3, -0.25) is 9.59 Å². The maximum atomic E-state index is 13.6. The van der Waals surface area contributed by atoms with E-state index in [2.05, 4.69) is 5.32 Å². The van der Waals surface area contributed by atoms with Gasteiger partial charge in [-0.05, 0) is 38.3 Å². The number of carboxylic acids is 1. The molecule has 0 unspecified atom stereocenters. The molecular weight excluding hydrogens is 249 g/mol. The lowest BCUT2D eigenvalue weighted by atomic mass is 9.74. The van der Waals surface area contributed by atoms with Gasteiger partial charge < -0.3 is 10.4 Å². The van der Waals surface area contributed by atoms with E-state index in [0.717, 1.165) is 12.0 Å². The topological polar surface area (TPSA) is 66.4 Å². The first-order valence-corrected chi connectivity index (χ1v) is 6.22. The standard InChI is InChI=1S/C14H16FNO3/c1-9-3-4-11(15)10(7-9)13(19)16-14(5-2-6-14)8-12(17)18/h3-4,7H,2,5-6,8H2,1H3,(H,16,19)(H,17,18). The van der Waals surface area contributed by atoms with Gasteiger partial charge in [0.15, 0.2) is 0 Å². The molecule has 0 aliphatic heterocycles. The van der Waals surface area contributed by atoms with Crippen LogP contribution in [0.1, 0.15) is 41.6 Å². The second-order valence-corrected chi connectivity index (χ2v) is 5.14. The van der Waals surface area contributed by atoms with Gasteiger partial charge in [-0.2, -0.15) is 0 Å². The molecule has 0 bridgehead atoms. The molecule has 5 heteroatoms. The Morgan fingerprint density at radius 1 is 1.42 bits per heavy atom. The Morgan fingerprint density at radius 2 is 2.11 bits per heavy atom. The SMILES string of the molecule is Cc1ccc(F)c(C(=O)NC2(CC(=O)O)CCC2)c1. The minimum absolute atomic E-state index is 0.0309. The molecule has 0 radical (unpaired) electrons. The van der Waals surface area contributed by atoms with Crippen LogP contribution >= 0.6 is 0 Å². The van der Waals surface area contributed by atoms with Crippen LogP contribution < -0.4 is 5.32 Å². The van der Waals surface area contributed by atoms with Gasteiger partial charge in [0.1, 0.15) is 5.82 Å². The van der Waals surface area contributed by atoms with Crippen LogP contribution in [0.15, 0.2) is 18.2 Å². The first kappa shape index (κ1) is 13.5. The van der Waals surface area contributed by atoms with E-state index in [1.165, 1.54) is 12.1 Å². The van der Waals surface area contributed by atoms with Crippen LogP contribution in [0.2, 0.25) is 0 Å². The van der Waals surface area contributed by atoms with Crippen LogP contribution in [0.3, 0.4) is 0 Å². The third-order valence-electron chi connectivity index (χ3n) is 3.55. The van der Waals surface area contributed by atoms with Crippen LogP contribution in [-0.4, -0.2) is 22.5 Å². The van der Waals surface area contributed by atoms with E-state index in [0.29, 0.717) is 12.8 Å². The summed E-state index contributed by atoms with van der Waals surface area (Å²) in [5.74, 6) is -2.08. The van der Waals surface area contributed by atoms with Gasteiger partial charge in [0, 0.05) is 0 Å². The molecule has 0 heterocycles. The summed E-state index contributed by atoms with van der Waals surface area (Å²) in [4.78, 5) is 22.9. The first-order chi connectivity index (χ1) is 8.92. The second-order valence-electron chi connectivity index (χ2n) is 5.14. The normalized spacial score (nSPS) is 16.5. The van der Waals surface area contributed by atoms with Crippen LogP contribution in [0.5, 0.6) is 0 Å². The van der Waals surface area contributed by atoms with Gasteiger partial charge in [-0.25, -0.2) is 4.39 Å². The Kier molecular flexibility index (Phi) is 3.55. The maximum absolute atomic E-state index is 13.6. The number of amides is 1. The number of aliphatic carboxylic acids is 1. The minimum Gasteiger partial charge on any atom is -0.481 e. The van der Waals surface area contributed by atoms with Crippen molar-refractivity contribution in [2.45, 2.75) is 38.1 Å². The molecular formula is C14H16FNO3. The Balaban J connectivity index is 2.16. The van der Waals surface area contributed by atoms with Crippen molar-refractivity contribution in [3.05, 3.63) is 35.1 Å².